The van der Waals surface area contributed by atoms with Crippen LogP contribution in [0.3, 0.4) is 0 Å². The molecular weight excluding hydrogens is 162 g/mol. The van der Waals surface area contributed by atoms with Crippen LogP contribution in [-0.2, 0) is 0 Å². The van der Waals surface area contributed by atoms with Crippen LogP contribution in [0, 0.1) is 5.92 Å². The fourth-order valence-corrected chi connectivity index (χ4v) is 1.22. The molecule has 0 spiro atoms. The molecule has 2 nitrogen and oxygen atoms in total. The summed E-state index contributed by atoms with van der Waals surface area (Å²) in [5.74, 6) is 0.601. The summed E-state index contributed by atoms with van der Waals surface area (Å²) in [6.45, 7) is 13.3. The van der Waals surface area contributed by atoms with Crippen molar-refractivity contribution < 1.29 is 5.11 Å². The lowest BCUT2D eigenvalue weighted by atomic mass is 9.98. The SMILES string of the molecule is CC.CCNC(CC(C)O)C(C)C. The van der Waals surface area contributed by atoms with Gasteiger partial charge in [0.2, 0.25) is 0 Å². The number of aliphatic hydroxyl groups is 1. The van der Waals surface area contributed by atoms with Gasteiger partial charge >= 0.3 is 0 Å². The smallest absolute Gasteiger partial charge is 0.0527 e. The van der Waals surface area contributed by atoms with E-state index < -0.39 is 0 Å². The van der Waals surface area contributed by atoms with Crippen molar-refractivity contribution in [3.8, 4) is 0 Å². The second kappa shape index (κ2) is 10.0. The Morgan fingerprint density at radius 1 is 1.15 bits per heavy atom. The van der Waals surface area contributed by atoms with Crippen molar-refractivity contribution in [3.63, 3.8) is 0 Å². The molecule has 0 radical (unpaired) electrons. The summed E-state index contributed by atoms with van der Waals surface area (Å²) in [5.41, 5.74) is 0. The van der Waals surface area contributed by atoms with Crippen molar-refractivity contribution in [1.82, 2.24) is 5.32 Å². The Labute approximate surface area is 83.7 Å². The molecule has 13 heavy (non-hydrogen) atoms. The largest absolute Gasteiger partial charge is 0.393 e. The van der Waals surface area contributed by atoms with E-state index in [1.54, 1.807) is 0 Å². The van der Waals surface area contributed by atoms with Gasteiger partial charge in [-0.25, -0.2) is 0 Å². The van der Waals surface area contributed by atoms with Crippen LogP contribution in [0.25, 0.3) is 0 Å². The second-order valence-corrected chi connectivity index (χ2v) is 3.49. The molecule has 0 aromatic carbocycles. The summed E-state index contributed by atoms with van der Waals surface area (Å²) in [7, 11) is 0. The topological polar surface area (TPSA) is 32.3 Å². The fraction of sp³-hybridized carbons (Fsp3) is 1.00. The predicted molar refractivity (Wildman–Crippen MR) is 59.9 cm³/mol. The molecule has 0 saturated heterocycles. The number of hydrogen-bond acceptors (Lipinski definition) is 2. The molecule has 0 bridgehead atoms. The molecule has 0 fully saturated rings. The minimum Gasteiger partial charge on any atom is -0.393 e. The maximum Gasteiger partial charge on any atom is 0.0527 e. The van der Waals surface area contributed by atoms with Crippen molar-refractivity contribution in [2.75, 3.05) is 6.54 Å². The van der Waals surface area contributed by atoms with Crippen LogP contribution in [0.15, 0.2) is 0 Å². The minimum absolute atomic E-state index is 0.193. The van der Waals surface area contributed by atoms with Gasteiger partial charge in [0, 0.05) is 6.04 Å². The predicted octanol–water partition coefficient (Wildman–Crippen LogP) is 2.42. The molecule has 0 rings (SSSR count). The Balaban J connectivity index is 0. The van der Waals surface area contributed by atoms with Crippen molar-refractivity contribution in [1.29, 1.82) is 0 Å². The van der Waals surface area contributed by atoms with Crippen LogP contribution in [0.2, 0.25) is 0 Å². The average Bonchev–Trinajstić information content (AvgIpc) is 2.06. The van der Waals surface area contributed by atoms with Crippen LogP contribution < -0.4 is 5.32 Å². The normalized spacial score (nSPS) is 14.8. The Morgan fingerprint density at radius 2 is 1.62 bits per heavy atom. The van der Waals surface area contributed by atoms with Crippen LogP contribution in [0.5, 0.6) is 0 Å². The highest BCUT2D eigenvalue weighted by Gasteiger charge is 2.13. The van der Waals surface area contributed by atoms with E-state index in [4.69, 9.17) is 5.11 Å². The maximum absolute atomic E-state index is 9.16. The van der Waals surface area contributed by atoms with Gasteiger partial charge in [-0.3, -0.25) is 0 Å². The molecule has 2 atom stereocenters. The van der Waals surface area contributed by atoms with Crippen LogP contribution in [0.4, 0.5) is 0 Å². The van der Waals surface area contributed by atoms with E-state index in [1.165, 1.54) is 0 Å². The molecule has 0 heterocycles. The maximum atomic E-state index is 9.16. The third-order valence-electron chi connectivity index (χ3n) is 1.87. The number of nitrogens with one attached hydrogen (secondary N) is 1. The van der Waals surface area contributed by atoms with Crippen molar-refractivity contribution in [2.45, 2.75) is 60.1 Å². The fourth-order valence-electron chi connectivity index (χ4n) is 1.22. The van der Waals surface area contributed by atoms with Crippen molar-refractivity contribution in [3.05, 3.63) is 0 Å². The van der Waals surface area contributed by atoms with E-state index >= 15 is 0 Å². The van der Waals surface area contributed by atoms with Crippen LogP contribution in [0.1, 0.15) is 48.0 Å². The Kier molecular flexibility index (Phi) is 11.8. The monoisotopic (exact) mass is 189 g/mol. The third kappa shape index (κ3) is 9.84. The standard InChI is InChI=1S/C9H21NO.C2H6/c1-5-10-9(7(2)3)6-8(4)11;1-2/h7-11H,5-6H2,1-4H3;1-2H3. The van der Waals surface area contributed by atoms with Gasteiger partial charge in [0.15, 0.2) is 0 Å². The molecule has 0 aliphatic carbocycles. The molecule has 0 aliphatic heterocycles. The number of aliphatic hydroxyl groups excluding tert-OH is 1. The van der Waals surface area contributed by atoms with Gasteiger partial charge in [-0.1, -0.05) is 34.6 Å². The number of rotatable bonds is 5. The van der Waals surface area contributed by atoms with Crippen LogP contribution in [-0.4, -0.2) is 23.8 Å². The molecule has 2 N–H and O–H groups in total. The van der Waals surface area contributed by atoms with E-state index in [0.29, 0.717) is 12.0 Å². The quantitative estimate of drug-likeness (QED) is 0.696. The zero-order valence-corrected chi connectivity index (χ0v) is 10.1. The van der Waals surface area contributed by atoms with Crippen LogP contribution >= 0.6 is 0 Å². The average molecular weight is 189 g/mol. The lowest BCUT2D eigenvalue weighted by molar-refractivity contribution is 0.157. The first-order chi connectivity index (χ1) is 6.07. The molecule has 0 aromatic heterocycles. The molecule has 0 aliphatic rings. The molecule has 2 unspecified atom stereocenters. The zero-order valence-electron chi connectivity index (χ0n) is 10.1. The summed E-state index contributed by atoms with van der Waals surface area (Å²) >= 11 is 0. The molecule has 82 valence electrons. The van der Waals surface area contributed by atoms with Crippen molar-refractivity contribution in [2.24, 2.45) is 5.92 Å². The molecular formula is C11H27NO. The summed E-state index contributed by atoms with van der Waals surface area (Å²) in [4.78, 5) is 0. The van der Waals surface area contributed by atoms with E-state index in [-0.39, 0.29) is 6.10 Å². The Bertz CT molecular complexity index is 92.1. The Morgan fingerprint density at radius 3 is 1.85 bits per heavy atom. The van der Waals surface area contributed by atoms with Gasteiger partial charge in [0.25, 0.3) is 0 Å². The zero-order chi connectivity index (χ0) is 10.9. The van der Waals surface area contributed by atoms with E-state index in [2.05, 4.69) is 26.1 Å². The van der Waals surface area contributed by atoms with E-state index in [1.807, 2.05) is 20.8 Å². The first-order valence-corrected chi connectivity index (χ1v) is 5.49. The van der Waals surface area contributed by atoms with Gasteiger partial charge in [0.1, 0.15) is 0 Å². The second-order valence-electron chi connectivity index (χ2n) is 3.49. The molecule has 2 heteroatoms. The number of hydrogen-bond donors (Lipinski definition) is 2. The van der Waals surface area contributed by atoms with Gasteiger partial charge in [-0.15, -0.1) is 0 Å². The molecule has 0 saturated carbocycles. The van der Waals surface area contributed by atoms with E-state index in [9.17, 15) is 0 Å². The van der Waals surface area contributed by atoms with Gasteiger partial charge < -0.3 is 10.4 Å². The highest BCUT2D eigenvalue weighted by atomic mass is 16.3. The van der Waals surface area contributed by atoms with Crippen molar-refractivity contribution >= 4 is 0 Å². The lowest BCUT2D eigenvalue weighted by Gasteiger charge is -2.22. The summed E-state index contributed by atoms with van der Waals surface area (Å²) in [6.07, 6.45) is 0.660. The first-order valence-electron chi connectivity index (χ1n) is 5.49. The van der Waals surface area contributed by atoms with Gasteiger partial charge in [-0.2, -0.15) is 0 Å². The first kappa shape index (κ1) is 15.4. The highest BCUT2D eigenvalue weighted by Crippen LogP contribution is 2.08. The highest BCUT2D eigenvalue weighted by molar-refractivity contribution is 4.71. The third-order valence-corrected chi connectivity index (χ3v) is 1.87. The molecule has 0 aromatic rings. The minimum atomic E-state index is -0.193. The lowest BCUT2D eigenvalue weighted by Crippen LogP contribution is -2.36. The Hall–Kier alpha value is -0.0800. The summed E-state index contributed by atoms with van der Waals surface area (Å²) in [6, 6.07) is 0.458. The van der Waals surface area contributed by atoms with Gasteiger partial charge in [-0.05, 0) is 25.8 Å². The van der Waals surface area contributed by atoms with Gasteiger partial charge in [0.05, 0.1) is 6.10 Å². The summed E-state index contributed by atoms with van der Waals surface area (Å²) in [5, 5.41) is 12.5. The van der Waals surface area contributed by atoms with E-state index in [0.717, 1.165) is 13.0 Å². The summed E-state index contributed by atoms with van der Waals surface area (Å²) < 4.78 is 0. The molecule has 0 amide bonds.